The van der Waals surface area contributed by atoms with Crippen LogP contribution in [-0.2, 0) is 9.84 Å². The predicted molar refractivity (Wildman–Crippen MR) is 80.2 cm³/mol. The first-order valence-electron chi connectivity index (χ1n) is 6.96. The van der Waals surface area contributed by atoms with Gasteiger partial charge in [0.2, 0.25) is 0 Å². The van der Waals surface area contributed by atoms with Gasteiger partial charge in [0.25, 0.3) is 0 Å². The topological polar surface area (TPSA) is 70.0 Å². The Morgan fingerprint density at radius 1 is 1.40 bits per heavy atom. The maximum Gasteiger partial charge on any atom is 0.179 e. The van der Waals surface area contributed by atoms with Crippen LogP contribution in [0.25, 0.3) is 0 Å². The van der Waals surface area contributed by atoms with Crippen molar-refractivity contribution in [3.8, 4) is 6.07 Å². The predicted octanol–water partition coefficient (Wildman–Crippen LogP) is 2.50. The van der Waals surface area contributed by atoms with Crippen molar-refractivity contribution in [1.82, 2.24) is 5.32 Å². The minimum atomic E-state index is -3.32. The Kier molecular flexibility index (Phi) is 6.69. The number of benzene rings is 1. The first-order chi connectivity index (χ1) is 9.49. The van der Waals surface area contributed by atoms with Crippen molar-refractivity contribution >= 4 is 9.84 Å². The summed E-state index contributed by atoms with van der Waals surface area (Å²) in [5, 5.41) is 12.0. The van der Waals surface area contributed by atoms with Gasteiger partial charge >= 0.3 is 0 Å². The van der Waals surface area contributed by atoms with E-state index in [0.29, 0.717) is 18.2 Å². The highest BCUT2D eigenvalue weighted by molar-refractivity contribution is 7.91. The molecular formula is C15H22N2O2S. The average Bonchev–Trinajstić information content (AvgIpc) is 2.45. The summed E-state index contributed by atoms with van der Waals surface area (Å²) in [6.45, 7) is 4.64. The Morgan fingerprint density at radius 3 is 2.80 bits per heavy atom. The SMILES string of the molecule is CCCCC(C)NCCS(=O)(=O)c1cccc(C#N)c1. The van der Waals surface area contributed by atoms with Crippen LogP contribution in [0.1, 0.15) is 38.7 Å². The van der Waals surface area contributed by atoms with Crippen LogP contribution in [0.4, 0.5) is 0 Å². The number of nitriles is 1. The molecule has 0 amide bonds. The summed E-state index contributed by atoms with van der Waals surface area (Å²) in [6.07, 6.45) is 3.34. The molecule has 0 bridgehead atoms. The number of sulfone groups is 1. The van der Waals surface area contributed by atoms with Gasteiger partial charge in [-0.05, 0) is 31.5 Å². The lowest BCUT2D eigenvalue weighted by Crippen LogP contribution is -2.31. The molecule has 1 aromatic carbocycles. The molecule has 1 atom stereocenters. The highest BCUT2D eigenvalue weighted by Crippen LogP contribution is 2.12. The summed E-state index contributed by atoms with van der Waals surface area (Å²) >= 11 is 0. The Bertz CT molecular complexity index is 561. The molecule has 0 saturated carbocycles. The van der Waals surface area contributed by atoms with Crippen LogP contribution in [0.2, 0.25) is 0 Å². The lowest BCUT2D eigenvalue weighted by atomic mass is 10.1. The Labute approximate surface area is 121 Å². The Balaban J connectivity index is 2.55. The van der Waals surface area contributed by atoms with Crippen LogP contribution in [0, 0.1) is 11.3 Å². The molecule has 1 aromatic rings. The van der Waals surface area contributed by atoms with E-state index in [1.54, 1.807) is 12.1 Å². The Morgan fingerprint density at radius 2 is 2.15 bits per heavy atom. The summed E-state index contributed by atoms with van der Waals surface area (Å²) in [4.78, 5) is 0.222. The molecule has 1 rings (SSSR count). The van der Waals surface area contributed by atoms with E-state index in [9.17, 15) is 8.42 Å². The van der Waals surface area contributed by atoms with Gasteiger partial charge in [-0.3, -0.25) is 0 Å². The summed E-state index contributed by atoms with van der Waals surface area (Å²) in [7, 11) is -3.32. The maximum atomic E-state index is 12.1. The zero-order chi connectivity index (χ0) is 15.0. The lowest BCUT2D eigenvalue weighted by molar-refractivity contribution is 0.506. The lowest BCUT2D eigenvalue weighted by Gasteiger charge is -2.13. The second-order valence-corrected chi connectivity index (χ2v) is 7.07. The molecule has 0 heterocycles. The number of nitrogens with one attached hydrogen (secondary N) is 1. The normalized spacial score (nSPS) is 12.8. The summed E-state index contributed by atoms with van der Waals surface area (Å²) < 4.78 is 24.3. The molecule has 1 N–H and O–H groups in total. The van der Waals surface area contributed by atoms with Crippen LogP contribution in [0.5, 0.6) is 0 Å². The zero-order valence-corrected chi connectivity index (χ0v) is 12.9. The fourth-order valence-corrected chi connectivity index (χ4v) is 3.14. The molecule has 0 radical (unpaired) electrons. The van der Waals surface area contributed by atoms with Crippen molar-refractivity contribution < 1.29 is 8.42 Å². The van der Waals surface area contributed by atoms with Gasteiger partial charge in [-0.25, -0.2) is 8.42 Å². The smallest absolute Gasteiger partial charge is 0.179 e. The van der Waals surface area contributed by atoms with Gasteiger partial charge in [0.05, 0.1) is 22.3 Å². The molecule has 0 fully saturated rings. The highest BCUT2D eigenvalue weighted by atomic mass is 32.2. The van der Waals surface area contributed by atoms with E-state index in [1.807, 2.05) is 6.07 Å². The minimum Gasteiger partial charge on any atom is -0.313 e. The van der Waals surface area contributed by atoms with E-state index in [2.05, 4.69) is 19.2 Å². The standard InChI is InChI=1S/C15H22N2O2S/c1-3-4-6-13(2)17-9-10-20(18,19)15-8-5-7-14(11-15)12-16/h5,7-8,11,13,17H,3-4,6,9-10H2,1-2H3. The molecule has 110 valence electrons. The van der Waals surface area contributed by atoms with E-state index >= 15 is 0 Å². The van der Waals surface area contributed by atoms with E-state index in [0.717, 1.165) is 19.3 Å². The van der Waals surface area contributed by atoms with Crippen molar-refractivity contribution in [3.05, 3.63) is 29.8 Å². The van der Waals surface area contributed by atoms with Crippen LogP contribution in [0.15, 0.2) is 29.2 Å². The fraction of sp³-hybridized carbons (Fsp3) is 0.533. The van der Waals surface area contributed by atoms with Gasteiger partial charge in [-0.15, -0.1) is 0 Å². The molecule has 5 heteroatoms. The minimum absolute atomic E-state index is 0.0539. The summed E-state index contributed by atoms with van der Waals surface area (Å²) in [5.74, 6) is 0.0539. The number of nitrogens with zero attached hydrogens (tertiary/aromatic N) is 1. The number of rotatable bonds is 8. The molecule has 0 spiro atoms. The van der Waals surface area contributed by atoms with Crippen molar-refractivity contribution in [1.29, 1.82) is 5.26 Å². The van der Waals surface area contributed by atoms with E-state index < -0.39 is 9.84 Å². The molecule has 0 saturated heterocycles. The number of hydrogen-bond acceptors (Lipinski definition) is 4. The van der Waals surface area contributed by atoms with Crippen LogP contribution < -0.4 is 5.32 Å². The molecular weight excluding hydrogens is 272 g/mol. The fourth-order valence-electron chi connectivity index (χ4n) is 1.93. The van der Waals surface area contributed by atoms with Crippen LogP contribution in [0.3, 0.4) is 0 Å². The maximum absolute atomic E-state index is 12.1. The van der Waals surface area contributed by atoms with Crippen LogP contribution >= 0.6 is 0 Å². The molecule has 0 aromatic heterocycles. The van der Waals surface area contributed by atoms with Gasteiger partial charge in [0, 0.05) is 12.6 Å². The zero-order valence-electron chi connectivity index (χ0n) is 12.1. The average molecular weight is 294 g/mol. The summed E-state index contributed by atoms with van der Waals surface area (Å²) in [6, 6.07) is 8.45. The monoisotopic (exact) mass is 294 g/mol. The number of hydrogen-bond donors (Lipinski definition) is 1. The molecule has 0 aliphatic rings. The number of unbranched alkanes of at least 4 members (excludes halogenated alkanes) is 1. The summed E-state index contributed by atoms with van der Waals surface area (Å²) in [5.41, 5.74) is 0.371. The molecule has 1 unspecified atom stereocenters. The highest BCUT2D eigenvalue weighted by Gasteiger charge is 2.15. The first kappa shape index (κ1) is 16.7. The van der Waals surface area contributed by atoms with E-state index in [1.165, 1.54) is 12.1 Å². The second-order valence-electron chi connectivity index (χ2n) is 4.96. The van der Waals surface area contributed by atoms with Crippen LogP contribution in [-0.4, -0.2) is 26.8 Å². The third kappa shape index (κ3) is 5.32. The van der Waals surface area contributed by atoms with E-state index in [-0.39, 0.29) is 10.6 Å². The van der Waals surface area contributed by atoms with Crippen molar-refractivity contribution in [2.24, 2.45) is 0 Å². The molecule has 20 heavy (non-hydrogen) atoms. The van der Waals surface area contributed by atoms with Gasteiger partial charge in [-0.2, -0.15) is 5.26 Å². The van der Waals surface area contributed by atoms with E-state index in [4.69, 9.17) is 5.26 Å². The van der Waals surface area contributed by atoms with Crippen molar-refractivity contribution in [3.63, 3.8) is 0 Å². The largest absolute Gasteiger partial charge is 0.313 e. The first-order valence-corrected chi connectivity index (χ1v) is 8.61. The Hall–Kier alpha value is -1.38. The van der Waals surface area contributed by atoms with Crippen molar-refractivity contribution in [2.45, 2.75) is 44.0 Å². The van der Waals surface area contributed by atoms with Crippen molar-refractivity contribution in [2.75, 3.05) is 12.3 Å². The third-order valence-corrected chi connectivity index (χ3v) is 4.89. The van der Waals surface area contributed by atoms with Gasteiger partial charge in [0.1, 0.15) is 0 Å². The second kappa shape index (κ2) is 8.03. The van der Waals surface area contributed by atoms with Gasteiger partial charge in [-0.1, -0.05) is 25.8 Å². The molecule has 4 nitrogen and oxygen atoms in total. The molecule has 0 aliphatic carbocycles. The van der Waals surface area contributed by atoms with Gasteiger partial charge in [0.15, 0.2) is 9.84 Å². The quantitative estimate of drug-likeness (QED) is 0.799. The molecule has 0 aliphatic heterocycles. The van der Waals surface area contributed by atoms with Gasteiger partial charge < -0.3 is 5.32 Å². The third-order valence-electron chi connectivity index (χ3n) is 3.18.